The van der Waals surface area contributed by atoms with E-state index in [1.807, 2.05) is 6.92 Å². The van der Waals surface area contributed by atoms with Gasteiger partial charge in [-0.25, -0.2) is 8.42 Å². The van der Waals surface area contributed by atoms with Gasteiger partial charge in [0.15, 0.2) is 0 Å². The largest absolute Gasteiger partial charge is 0.398 e. The van der Waals surface area contributed by atoms with E-state index in [1.54, 1.807) is 19.1 Å². The van der Waals surface area contributed by atoms with E-state index >= 15 is 0 Å². The quantitative estimate of drug-likeness (QED) is 0.776. The molecule has 0 bridgehead atoms. The van der Waals surface area contributed by atoms with Crippen molar-refractivity contribution in [2.75, 3.05) is 10.5 Å². The lowest BCUT2D eigenvalue weighted by Crippen LogP contribution is -2.15. The highest BCUT2D eigenvalue weighted by atomic mass is 79.9. The van der Waals surface area contributed by atoms with Crippen molar-refractivity contribution in [3.63, 3.8) is 0 Å². The molecule has 0 heterocycles. The lowest BCUT2D eigenvalue weighted by Gasteiger charge is -2.15. The first-order valence-electron chi connectivity index (χ1n) is 6.06. The van der Waals surface area contributed by atoms with Crippen molar-refractivity contribution in [1.29, 1.82) is 0 Å². The second kappa shape index (κ2) is 5.87. The van der Waals surface area contributed by atoms with Gasteiger partial charge < -0.3 is 5.73 Å². The Morgan fingerprint density at radius 3 is 2.48 bits per heavy atom. The molecule has 0 atom stereocenters. The van der Waals surface area contributed by atoms with Crippen molar-refractivity contribution in [3.05, 3.63) is 51.0 Å². The first-order chi connectivity index (χ1) is 9.72. The van der Waals surface area contributed by atoms with Gasteiger partial charge in [-0.05, 0) is 65.2 Å². The topological polar surface area (TPSA) is 72.2 Å². The van der Waals surface area contributed by atoms with Crippen LogP contribution in [0.25, 0.3) is 0 Å². The Morgan fingerprint density at radius 1 is 1.19 bits per heavy atom. The minimum absolute atomic E-state index is 0.125. The van der Waals surface area contributed by atoms with Crippen LogP contribution in [0, 0.1) is 13.8 Å². The van der Waals surface area contributed by atoms with Crippen molar-refractivity contribution in [1.82, 2.24) is 0 Å². The molecule has 3 N–H and O–H groups in total. The molecule has 2 aromatic rings. The number of benzene rings is 2. The third-order valence-electron chi connectivity index (χ3n) is 3.15. The molecule has 0 aliphatic rings. The molecule has 0 amide bonds. The molecular formula is C14H14BrClN2O2S. The minimum atomic E-state index is -3.71. The second-order valence-electron chi connectivity index (χ2n) is 4.65. The molecule has 0 aromatic heterocycles. The standard InChI is InChI=1S/C14H14BrClN2O2S/c1-8-3-6-13(17)9(2)14(8)18-21(19,20)10-4-5-12(16)11(15)7-10/h3-7,18H,17H2,1-2H3. The first-order valence-corrected chi connectivity index (χ1v) is 8.71. The molecule has 0 saturated carbocycles. The zero-order valence-electron chi connectivity index (χ0n) is 11.4. The van der Waals surface area contributed by atoms with Crippen LogP contribution in [-0.4, -0.2) is 8.42 Å². The zero-order chi connectivity index (χ0) is 15.8. The van der Waals surface area contributed by atoms with Crippen LogP contribution in [0.1, 0.15) is 11.1 Å². The Hall–Kier alpha value is -1.24. The molecule has 112 valence electrons. The zero-order valence-corrected chi connectivity index (χ0v) is 14.6. The van der Waals surface area contributed by atoms with Crippen molar-refractivity contribution in [2.45, 2.75) is 18.7 Å². The van der Waals surface area contributed by atoms with Crippen LogP contribution in [0.4, 0.5) is 11.4 Å². The number of sulfonamides is 1. The third-order valence-corrected chi connectivity index (χ3v) is 5.71. The number of nitrogens with two attached hydrogens (primary N) is 1. The lowest BCUT2D eigenvalue weighted by atomic mass is 10.1. The molecule has 0 spiro atoms. The average molecular weight is 390 g/mol. The van der Waals surface area contributed by atoms with Gasteiger partial charge in [0.2, 0.25) is 0 Å². The molecule has 0 fully saturated rings. The summed E-state index contributed by atoms with van der Waals surface area (Å²) in [7, 11) is -3.71. The van der Waals surface area contributed by atoms with E-state index in [2.05, 4.69) is 20.7 Å². The highest BCUT2D eigenvalue weighted by Gasteiger charge is 2.18. The summed E-state index contributed by atoms with van der Waals surface area (Å²) >= 11 is 9.10. The van der Waals surface area contributed by atoms with Gasteiger partial charge >= 0.3 is 0 Å². The summed E-state index contributed by atoms with van der Waals surface area (Å²) < 4.78 is 28.0. The molecule has 21 heavy (non-hydrogen) atoms. The van der Waals surface area contributed by atoms with Gasteiger partial charge in [-0.1, -0.05) is 17.7 Å². The van der Waals surface area contributed by atoms with E-state index < -0.39 is 10.0 Å². The fourth-order valence-electron chi connectivity index (χ4n) is 1.86. The van der Waals surface area contributed by atoms with Gasteiger partial charge in [-0.3, -0.25) is 4.72 Å². The van der Waals surface area contributed by atoms with Crippen LogP contribution in [0.5, 0.6) is 0 Å². The van der Waals surface area contributed by atoms with E-state index in [1.165, 1.54) is 18.2 Å². The maximum atomic E-state index is 12.5. The van der Waals surface area contributed by atoms with Gasteiger partial charge in [-0.2, -0.15) is 0 Å². The Kier molecular flexibility index (Phi) is 4.51. The molecule has 4 nitrogen and oxygen atoms in total. The van der Waals surface area contributed by atoms with E-state index in [0.29, 0.717) is 26.4 Å². The van der Waals surface area contributed by atoms with E-state index in [0.717, 1.165) is 5.56 Å². The van der Waals surface area contributed by atoms with Crippen molar-refractivity contribution < 1.29 is 8.42 Å². The Morgan fingerprint density at radius 2 is 1.86 bits per heavy atom. The molecule has 7 heteroatoms. The third kappa shape index (κ3) is 3.33. The number of nitrogen functional groups attached to an aromatic ring is 1. The van der Waals surface area contributed by atoms with Gasteiger partial charge in [0.25, 0.3) is 10.0 Å². The number of hydrogen-bond acceptors (Lipinski definition) is 3. The Labute approximate surface area is 137 Å². The maximum Gasteiger partial charge on any atom is 0.261 e. The summed E-state index contributed by atoms with van der Waals surface area (Å²) in [5.41, 5.74) is 8.37. The summed E-state index contributed by atoms with van der Waals surface area (Å²) in [6.07, 6.45) is 0. The predicted molar refractivity (Wildman–Crippen MR) is 90.3 cm³/mol. The molecule has 0 radical (unpaired) electrons. The number of nitrogens with one attached hydrogen (secondary N) is 1. The summed E-state index contributed by atoms with van der Waals surface area (Å²) in [5.74, 6) is 0. The number of halogens is 2. The highest BCUT2D eigenvalue weighted by Crippen LogP contribution is 2.30. The molecular weight excluding hydrogens is 376 g/mol. The smallest absolute Gasteiger partial charge is 0.261 e. The van der Waals surface area contributed by atoms with Crippen LogP contribution in [0.3, 0.4) is 0 Å². The lowest BCUT2D eigenvalue weighted by molar-refractivity contribution is 0.601. The van der Waals surface area contributed by atoms with Gasteiger partial charge in [-0.15, -0.1) is 0 Å². The molecule has 2 aromatic carbocycles. The maximum absolute atomic E-state index is 12.5. The van der Waals surface area contributed by atoms with Crippen LogP contribution >= 0.6 is 27.5 Å². The van der Waals surface area contributed by atoms with Gasteiger partial charge in [0, 0.05) is 10.2 Å². The minimum Gasteiger partial charge on any atom is -0.398 e. The number of aryl methyl sites for hydroxylation is 1. The highest BCUT2D eigenvalue weighted by molar-refractivity contribution is 9.10. The van der Waals surface area contributed by atoms with Gasteiger partial charge in [0.1, 0.15) is 0 Å². The van der Waals surface area contributed by atoms with E-state index in [4.69, 9.17) is 17.3 Å². The number of hydrogen-bond donors (Lipinski definition) is 2. The Bertz CT molecular complexity index is 807. The predicted octanol–water partition coefficient (Wildman–Crippen LogP) is 4.10. The monoisotopic (exact) mass is 388 g/mol. The average Bonchev–Trinajstić information content (AvgIpc) is 2.42. The van der Waals surface area contributed by atoms with E-state index in [-0.39, 0.29) is 4.90 Å². The number of rotatable bonds is 3. The second-order valence-corrected chi connectivity index (χ2v) is 7.60. The SMILES string of the molecule is Cc1ccc(N)c(C)c1NS(=O)(=O)c1ccc(Cl)c(Br)c1. The summed E-state index contributed by atoms with van der Waals surface area (Å²) in [4.78, 5) is 0.125. The number of anilines is 2. The normalized spacial score (nSPS) is 11.4. The van der Waals surface area contributed by atoms with Crippen molar-refractivity contribution in [3.8, 4) is 0 Å². The summed E-state index contributed by atoms with van der Waals surface area (Å²) in [6.45, 7) is 3.60. The van der Waals surface area contributed by atoms with Crippen molar-refractivity contribution >= 4 is 48.9 Å². The fraction of sp³-hybridized carbons (Fsp3) is 0.143. The molecule has 0 aliphatic carbocycles. The summed E-state index contributed by atoms with van der Waals surface area (Å²) in [5, 5.41) is 0.449. The van der Waals surface area contributed by atoms with Crippen LogP contribution < -0.4 is 10.5 Å². The molecule has 2 rings (SSSR count). The first kappa shape index (κ1) is 16.1. The van der Waals surface area contributed by atoms with Gasteiger partial charge in [0.05, 0.1) is 15.6 Å². The molecule has 0 aliphatic heterocycles. The summed E-state index contributed by atoms with van der Waals surface area (Å²) in [6, 6.07) is 7.96. The Balaban J connectivity index is 2.47. The van der Waals surface area contributed by atoms with Crippen molar-refractivity contribution in [2.24, 2.45) is 0 Å². The van der Waals surface area contributed by atoms with E-state index in [9.17, 15) is 8.42 Å². The van der Waals surface area contributed by atoms with Crippen LogP contribution in [0.2, 0.25) is 5.02 Å². The van der Waals surface area contributed by atoms with Crippen LogP contribution in [0.15, 0.2) is 39.7 Å². The van der Waals surface area contributed by atoms with Crippen LogP contribution in [-0.2, 0) is 10.0 Å². The molecule has 0 saturated heterocycles. The fourth-order valence-corrected chi connectivity index (χ4v) is 3.73. The molecule has 0 unspecified atom stereocenters.